The molecule has 1 aliphatic heterocycles. The van der Waals surface area contributed by atoms with Crippen LogP contribution in [0, 0.1) is 0 Å². The van der Waals surface area contributed by atoms with Crippen molar-refractivity contribution < 1.29 is 88.6 Å². The summed E-state index contributed by atoms with van der Waals surface area (Å²) in [5.74, 6) is -1.61. The molecule has 0 aromatic carbocycles. The minimum Gasteiger partial charge on any atom is -0.388 e. The van der Waals surface area contributed by atoms with E-state index in [4.69, 9.17) is 9.11 Å². The van der Waals surface area contributed by atoms with Crippen LogP contribution in [-0.2, 0) is 45.8 Å². The first kappa shape index (κ1) is 37.2. The molecule has 250 valence electrons. The highest BCUT2D eigenvalue weighted by molar-refractivity contribution is 7.81. The van der Waals surface area contributed by atoms with Crippen LogP contribution in [0.4, 0.5) is 4.79 Å². The number of aliphatic hydroxyl groups excluding tert-OH is 5. The highest BCUT2D eigenvalue weighted by atomic mass is 32.3. The molecule has 3 amide bonds. The predicted molar refractivity (Wildman–Crippen MR) is 136 cm³/mol. The third-order valence-corrected chi connectivity index (χ3v) is 8.03. The Bertz CT molecular complexity index is 1470. The van der Waals surface area contributed by atoms with Crippen LogP contribution in [0.15, 0.2) is 18.3 Å². The van der Waals surface area contributed by atoms with Crippen molar-refractivity contribution in [1.29, 1.82) is 0 Å². The molecular formula is C20H31N4O18S2+. The molecular weight excluding hydrogens is 648 g/mol. The summed E-state index contributed by atoms with van der Waals surface area (Å²) in [6, 6.07) is -1.67. The summed E-state index contributed by atoms with van der Waals surface area (Å²) in [6.45, 7) is -3.24. The van der Waals surface area contributed by atoms with Gasteiger partial charge in [-0.1, -0.05) is 0 Å². The minimum absolute atomic E-state index is 0.210. The Hall–Kier alpha value is -2.98. The van der Waals surface area contributed by atoms with Crippen LogP contribution in [0.3, 0.4) is 0 Å². The van der Waals surface area contributed by atoms with E-state index < -0.39 is 110 Å². The van der Waals surface area contributed by atoms with E-state index in [2.05, 4.69) is 8.37 Å². The second kappa shape index (κ2) is 13.2. The van der Waals surface area contributed by atoms with Gasteiger partial charge in [-0.2, -0.15) is 21.3 Å². The molecule has 22 nitrogen and oxygen atoms in total. The molecule has 0 bridgehead atoms. The number of aliphatic hydroxyl groups is 6. The molecule has 9 atom stereocenters. The van der Waals surface area contributed by atoms with Crippen molar-refractivity contribution in [2.24, 2.45) is 7.05 Å². The molecule has 1 fully saturated rings. The summed E-state index contributed by atoms with van der Waals surface area (Å²) in [5.41, 5.74) is -7.99. The Morgan fingerprint density at radius 2 is 1.66 bits per heavy atom. The van der Waals surface area contributed by atoms with Gasteiger partial charge in [0, 0.05) is 13.2 Å². The largest absolute Gasteiger partial charge is 0.397 e. The van der Waals surface area contributed by atoms with Crippen LogP contribution in [-0.4, -0.2) is 158 Å². The summed E-state index contributed by atoms with van der Waals surface area (Å²) in [5, 5.41) is 70.3. The standard InChI is InChI=1S/C20H30N4O18S2/c1-23-5-3-4-11(23)17(32)24(2)19(9-26,16(31)14(29)12(27)7-41-43(35,36)37)22-18(33)21-10(6-25)15(30)20(24,34)13(28)8-42-44(38,39)40/h3-6,9-10,12-16,27-31,34H,7-8H2,1-2H3,(H3-,21,22,33,35,36,37,38,39,40)/p+1/t10-,12+,13+,14+,15+,16-,19?,20-,24?/m0/s1. The Balaban J connectivity index is 3.03. The molecule has 24 heteroatoms. The molecule has 0 spiro atoms. The van der Waals surface area contributed by atoms with E-state index in [0.717, 1.165) is 10.6 Å². The molecule has 44 heavy (non-hydrogen) atoms. The molecule has 0 aliphatic carbocycles. The number of nitrogens with zero attached hydrogens (tertiary/aromatic N) is 2. The van der Waals surface area contributed by atoms with E-state index in [1.807, 2.05) is 0 Å². The Morgan fingerprint density at radius 1 is 1.11 bits per heavy atom. The van der Waals surface area contributed by atoms with Gasteiger partial charge in [-0.25, -0.2) is 18.0 Å². The molecule has 2 unspecified atom stereocenters. The lowest BCUT2D eigenvalue weighted by Crippen LogP contribution is -2.92. The number of carbonyl (C=O) groups excluding carboxylic acids is 4. The molecule has 1 aromatic rings. The fourth-order valence-corrected chi connectivity index (χ4v) is 5.39. The van der Waals surface area contributed by atoms with E-state index in [1.165, 1.54) is 19.3 Å². The zero-order valence-electron chi connectivity index (χ0n) is 22.6. The first-order valence-corrected chi connectivity index (χ1v) is 14.7. The number of aldehydes is 2. The van der Waals surface area contributed by atoms with E-state index >= 15 is 0 Å². The zero-order valence-corrected chi connectivity index (χ0v) is 24.3. The summed E-state index contributed by atoms with van der Waals surface area (Å²) < 4.78 is 68.8. The summed E-state index contributed by atoms with van der Waals surface area (Å²) in [4.78, 5) is 52.1. The number of quaternary nitrogens is 1. The lowest BCUT2D eigenvalue weighted by atomic mass is 9.82. The topological polar surface area (TPSA) is 346 Å². The lowest BCUT2D eigenvalue weighted by Gasteiger charge is -2.58. The normalized spacial score (nSPS) is 30.9. The van der Waals surface area contributed by atoms with Crippen molar-refractivity contribution in [2.75, 3.05) is 20.3 Å². The van der Waals surface area contributed by atoms with Crippen molar-refractivity contribution in [3.8, 4) is 0 Å². The highest BCUT2D eigenvalue weighted by Gasteiger charge is 2.76. The number of urea groups is 1. The molecule has 10 N–H and O–H groups in total. The maximum atomic E-state index is 14.3. The number of hydrogen-bond acceptors (Lipinski definition) is 16. The van der Waals surface area contributed by atoms with Crippen LogP contribution in [0.2, 0.25) is 0 Å². The van der Waals surface area contributed by atoms with Gasteiger partial charge < -0.3 is 45.3 Å². The summed E-state index contributed by atoms with van der Waals surface area (Å²) in [6.07, 6.45) is -13.8. The monoisotopic (exact) mass is 679 g/mol. The third kappa shape index (κ3) is 6.81. The van der Waals surface area contributed by atoms with Gasteiger partial charge in [0.25, 0.3) is 11.4 Å². The van der Waals surface area contributed by atoms with Gasteiger partial charge in [0.05, 0.1) is 13.7 Å². The Morgan fingerprint density at radius 3 is 2.11 bits per heavy atom. The van der Waals surface area contributed by atoms with Crippen molar-refractivity contribution in [1.82, 2.24) is 15.2 Å². The quantitative estimate of drug-likeness (QED) is 0.0526. The van der Waals surface area contributed by atoms with Crippen LogP contribution < -0.4 is 10.6 Å². The molecule has 2 rings (SSSR count). The SMILES string of the molecule is Cn1cccc1C(=O)[N+]1(C)C(C=O)([C@@H](O)[C@H](O)[C@H](O)COS(=O)(=O)O)NC(=O)N[C@@H](C=O)[C@@H](O)[C@@]1(O)[C@H](O)COS(=O)(=O)O. The fourth-order valence-electron chi connectivity index (χ4n) is 4.77. The number of aryl methyl sites for hydroxylation is 1. The van der Waals surface area contributed by atoms with Gasteiger partial charge in [0.1, 0.15) is 36.8 Å². The molecule has 1 aromatic heterocycles. The van der Waals surface area contributed by atoms with Gasteiger partial charge in [-0.05, 0) is 12.1 Å². The van der Waals surface area contributed by atoms with Crippen LogP contribution in [0.1, 0.15) is 10.5 Å². The number of carbonyl (C=O) groups is 4. The second-order valence-electron chi connectivity index (χ2n) is 9.69. The molecule has 0 radical (unpaired) electrons. The first-order chi connectivity index (χ1) is 20.0. The van der Waals surface area contributed by atoms with Gasteiger partial charge in [-0.15, -0.1) is 0 Å². The third-order valence-electron chi connectivity index (χ3n) is 7.16. The number of rotatable bonds is 13. The Labute approximate surface area is 248 Å². The molecule has 1 aliphatic rings. The van der Waals surface area contributed by atoms with Crippen molar-refractivity contribution in [2.45, 2.75) is 47.9 Å². The number of amides is 3. The van der Waals surface area contributed by atoms with Gasteiger partial charge >= 0.3 is 32.7 Å². The van der Waals surface area contributed by atoms with Crippen LogP contribution in [0.5, 0.6) is 0 Å². The smallest absolute Gasteiger partial charge is 0.388 e. The second-order valence-corrected chi connectivity index (χ2v) is 11.9. The summed E-state index contributed by atoms with van der Waals surface area (Å²) in [7, 11) is -8.98. The molecule has 2 heterocycles. The van der Waals surface area contributed by atoms with Crippen LogP contribution in [0.25, 0.3) is 0 Å². The maximum Gasteiger partial charge on any atom is 0.397 e. The first-order valence-electron chi connectivity index (χ1n) is 11.9. The zero-order chi connectivity index (χ0) is 34.1. The number of likely N-dealkylation sites (N-methyl/N-ethyl adjacent to an activating group) is 1. The highest BCUT2D eigenvalue weighted by Crippen LogP contribution is 2.42. The fraction of sp³-hybridized carbons (Fsp3) is 0.600. The van der Waals surface area contributed by atoms with Gasteiger partial charge in [0.2, 0.25) is 6.29 Å². The van der Waals surface area contributed by atoms with E-state index in [1.54, 1.807) is 10.6 Å². The number of nitrogens with one attached hydrogen (secondary N) is 2. The van der Waals surface area contributed by atoms with Crippen LogP contribution >= 0.6 is 0 Å². The minimum atomic E-state index is -5.43. The van der Waals surface area contributed by atoms with E-state index in [9.17, 15) is 66.7 Å². The van der Waals surface area contributed by atoms with Gasteiger partial charge in [0.15, 0.2) is 18.3 Å². The van der Waals surface area contributed by atoms with Crippen molar-refractivity contribution in [3.63, 3.8) is 0 Å². The lowest BCUT2D eigenvalue weighted by molar-refractivity contribution is -0.964. The molecule has 0 saturated carbocycles. The van der Waals surface area contributed by atoms with Crippen molar-refractivity contribution >= 4 is 45.3 Å². The van der Waals surface area contributed by atoms with Crippen molar-refractivity contribution in [3.05, 3.63) is 24.0 Å². The number of hydrogen-bond donors (Lipinski definition) is 10. The van der Waals surface area contributed by atoms with E-state index in [0.29, 0.717) is 7.05 Å². The predicted octanol–water partition coefficient (Wildman–Crippen LogP) is -6.48. The number of aromatic nitrogens is 1. The van der Waals surface area contributed by atoms with Gasteiger partial charge in [-0.3, -0.25) is 19.2 Å². The Kier molecular flexibility index (Phi) is 11.1. The van der Waals surface area contributed by atoms with E-state index in [-0.39, 0.29) is 6.29 Å². The molecule has 1 saturated heterocycles. The average Bonchev–Trinajstić information content (AvgIpc) is 3.37. The average molecular weight is 680 g/mol. The summed E-state index contributed by atoms with van der Waals surface area (Å²) >= 11 is 0. The maximum absolute atomic E-state index is 14.3.